The molecule has 0 radical (unpaired) electrons. The van der Waals surface area contributed by atoms with Crippen LogP contribution >= 0.6 is 0 Å². The van der Waals surface area contributed by atoms with Crippen LogP contribution in [-0.2, 0) is 10.0 Å². The van der Waals surface area contributed by atoms with E-state index < -0.39 is 45.9 Å². The van der Waals surface area contributed by atoms with Gasteiger partial charge in [0, 0.05) is 11.6 Å². The van der Waals surface area contributed by atoms with E-state index in [2.05, 4.69) is 9.46 Å². The molecule has 30 heavy (non-hydrogen) atoms. The molecular formula is C17H15F5N2O5S. The summed E-state index contributed by atoms with van der Waals surface area (Å²) in [5, 5.41) is 1.62. The molecule has 7 nitrogen and oxygen atoms in total. The minimum absolute atomic E-state index is 0.0680. The van der Waals surface area contributed by atoms with Crippen LogP contribution in [0.5, 0.6) is 11.5 Å². The topological polar surface area (TPSA) is 93.7 Å². The zero-order valence-corrected chi connectivity index (χ0v) is 16.0. The van der Waals surface area contributed by atoms with Crippen LogP contribution in [0.4, 0.5) is 27.6 Å². The molecule has 0 saturated carbocycles. The molecule has 0 saturated heterocycles. The molecule has 1 amide bonds. The van der Waals surface area contributed by atoms with Gasteiger partial charge in [-0.25, -0.2) is 8.42 Å². The maximum absolute atomic E-state index is 12.5. The quantitative estimate of drug-likeness (QED) is 0.597. The number of methoxy groups -OCH3 is 1. The van der Waals surface area contributed by atoms with Crippen molar-refractivity contribution in [3.05, 3.63) is 48.0 Å². The lowest BCUT2D eigenvalue weighted by molar-refractivity contribution is -0.123. The first-order valence-electron chi connectivity index (χ1n) is 8.02. The minimum Gasteiger partial charge on any atom is -0.493 e. The molecule has 2 rings (SSSR count). The first-order chi connectivity index (χ1) is 13.9. The van der Waals surface area contributed by atoms with Crippen molar-refractivity contribution in [2.24, 2.45) is 0 Å². The molecule has 13 heteroatoms. The second-order valence-corrected chi connectivity index (χ2v) is 7.36. The first-order valence-corrected chi connectivity index (χ1v) is 9.50. The molecule has 2 N–H and O–H groups in total. The summed E-state index contributed by atoms with van der Waals surface area (Å²) >= 11 is 0. The van der Waals surface area contributed by atoms with E-state index in [4.69, 9.17) is 4.74 Å². The summed E-state index contributed by atoms with van der Waals surface area (Å²) in [4.78, 5) is 11.4. The van der Waals surface area contributed by atoms with Crippen LogP contribution in [0, 0.1) is 0 Å². The molecule has 0 aliphatic heterocycles. The largest absolute Gasteiger partial charge is 0.493 e. The molecule has 0 heterocycles. The number of ether oxygens (including phenoxy) is 2. The maximum atomic E-state index is 12.5. The number of carbonyl (C=O) groups is 1. The Morgan fingerprint density at radius 1 is 1.10 bits per heavy atom. The van der Waals surface area contributed by atoms with Gasteiger partial charge in [0.2, 0.25) is 0 Å². The van der Waals surface area contributed by atoms with Crippen molar-refractivity contribution >= 4 is 21.6 Å². The van der Waals surface area contributed by atoms with Crippen molar-refractivity contribution in [2.75, 3.05) is 18.4 Å². The lowest BCUT2D eigenvalue weighted by atomic mass is 10.2. The number of alkyl halides is 5. The van der Waals surface area contributed by atoms with Crippen molar-refractivity contribution in [2.45, 2.75) is 17.7 Å². The average Bonchev–Trinajstić information content (AvgIpc) is 2.65. The van der Waals surface area contributed by atoms with E-state index >= 15 is 0 Å². The zero-order valence-electron chi connectivity index (χ0n) is 15.2. The third-order valence-corrected chi connectivity index (χ3v) is 4.87. The highest BCUT2D eigenvalue weighted by Crippen LogP contribution is 2.32. The van der Waals surface area contributed by atoms with Crippen molar-refractivity contribution < 1.29 is 44.6 Å². The van der Waals surface area contributed by atoms with Crippen LogP contribution in [0.1, 0.15) is 10.4 Å². The van der Waals surface area contributed by atoms with Crippen LogP contribution in [-0.4, -0.2) is 40.8 Å². The van der Waals surface area contributed by atoms with Gasteiger partial charge in [-0.15, -0.1) is 0 Å². The highest BCUT2D eigenvalue weighted by molar-refractivity contribution is 7.92. The summed E-state index contributed by atoms with van der Waals surface area (Å²) in [5.74, 6) is -1.61. The smallest absolute Gasteiger partial charge is 0.405 e. The number of anilines is 1. The summed E-state index contributed by atoms with van der Waals surface area (Å²) < 4.78 is 98.0. The third kappa shape index (κ3) is 6.47. The summed E-state index contributed by atoms with van der Waals surface area (Å²) in [6.07, 6.45) is -4.63. The summed E-state index contributed by atoms with van der Waals surface area (Å²) in [6, 6.07) is 7.63. The van der Waals surface area contributed by atoms with Crippen LogP contribution < -0.4 is 19.5 Å². The van der Waals surface area contributed by atoms with Gasteiger partial charge < -0.3 is 14.8 Å². The van der Waals surface area contributed by atoms with E-state index in [1.807, 2.05) is 0 Å². The van der Waals surface area contributed by atoms with Gasteiger partial charge in [0.25, 0.3) is 15.9 Å². The van der Waals surface area contributed by atoms with E-state index in [0.717, 1.165) is 30.3 Å². The third-order valence-electron chi connectivity index (χ3n) is 3.49. The van der Waals surface area contributed by atoms with E-state index in [1.165, 1.54) is 19.2 Å². The number of amides is 1. The predicted octanol–water partition coefficient (Wildman–Crippen LogP) is 3.39. The summed E-state index contributed by atoms with van der Waals surface area (Å²) in [7, 11) is -3.11. The zero-order chi connectivity index (χ0) is 22.5. The molecule has 0 fully saturated rings. The number of hydrogen-bond donors (Lipinski definition) is 2. The van der Waals surface area contributed by atoms with Gasteiger partial charge in [0.1, 0.15) is 6.54 Å². The standard InChI is InChI=1S/C17H15F5N2O5S/c1-28-13-6-5-11(8-14(13)29-16(18)19)24-30(26,27)12-4-2-3-10(7-12)15(25)23-9-17(20,21)22/h2-8,16,24H,9H2,1H3,(H,23,25). The van der Waals surface area contributed by atoms with Gasteiger partial charge in [-0.1, -0.05) is 6.07 Å². The molecule has 0 aliphatic carbocycles. The van der Waals surface area contributed by atoms with Crippen molar-refractivity contribution in [3.8, 4) is 11.5 Å². The fourth-order valence-electron chi connectivity index (χ4n) is 2.23. The normalized spacial score (nSPS) is 11.8. The lowest BCUT2D eigenvalue weighted by Gasteiger charge is -2.13. The SMILES string of the molecule is COc1ccc(NS(=O)(=O)c2cccc(C(=O)NCC(F)(F)F)c2)cc1OC(F)F. The van der Waals surface area contributed by atoms with Crippen molar-refractivity contribution in [3.63, 3.8) is 0 Å². The van der Waals surface area contributed by atoms with Crippen LogP contribution in [0.3, 0.4) is 0 Å². The van der Waals surface area contributed by atoms with Crippen LogP contribution in [0.25, 0.3) is 0 Å². The number of benzene rings is 2. The van der Waals surface area contributed by atoms with Gasteiger partial charge >= 0.3 is 12.8 Å². The van der Waals surface area contributed by atoms with E-state index in [0.29, 0.717) is 0 Å². The van der Waals surface area contributed by atoms with Gasteiger partial charge in [-0.2, -0.15) is 22.0 Å². The Hall–Kier alpha value is -3.09. The Kier molecular flexibility index (Phi) is 7.08. The molecular weight excluding hydrogens is 439 g/mol. The number of rotatable bonds is 8. The Morgan fingerprint density at radius 3 is 2.40 bits per heavy atom. The number of hydrogen-bond acceptors (Lipinski definition) is 5. The molecule has 2 aromatic carbocycles. The minimum atomic E-state index is -4.63. The van der Waals surface area contributed by atoms with Crippen LogP contribution in [0.2, 0.25) is 0 Å². The molecule has 0 unspecified atom stereocenters. The second kappa shape index (κ2) is 9.15. The highest BCUT2D eigenvalue weighted by Gasteiger charge is 2.28. The van der Waals surface area contributed by atoms with Gasteiger partial charge in [0.05, 0.1) is 17.7 Å². The predicted molar refractivity (Wildman–Crippen MR) is 95.3 cm³/mol. The maximum Gasteiger partial charge on any atom is 0.405 e. The highest BCUT2D eigenvalue weighted by atomic mass is 32.2. The van der Waals surface area contributed by atoms with E-state index in [-0.39, 0.29) is 17.0 Å². The Balaban J connectivity index is 2.25. The molecule has 0 bridgehead atoms. The monoisotopic (exact) mass is 454 g/mol. The Bertz CT molecular complexity index is 1010. The molecule has 0 atom stereocenters. The number of halogens is 5. The van der Waals surface area contributed by atoms with Gasteiger partial charge in [-0.05, 0) is 30.3 Å². The van der Waals surface area contributed by atoms with Crippen molar-refractivity contribution in [1.82, 2.24) is 5.32 Å². The average molecular weight is 454 g/mol. The van der Waals surface area contributed by atoms with E-state index in [1.54, 1.807) is 5.32 Å². The fourth-order valence-corrected chi connectivity index (χ4v) is 3.32. The summed E-state index contributed by atoms with van der Waals surface area (Å²) in [6.45, 7) is -4.77. The molecule has 0 aliphatic rings. The lowest BCUT2D eigenvalue weighted by Crippen LogP contribution is -2.33. The van der Waals surface area contributed by atoms with Crippen molar-refractivity contribution in [1.29, 1.82) is 0 Å². The molecule has 164 valence electrons. The molecule has 0 spiro atoms. The number of sulfonamides is 1. The second-order valence-electron chi connectivity index (χ2n) is 5.68. The van der Waals surface area contributed by atoms with E-state index in [9.17, 15) is 35.2 Å². The first kappa shape index (κ1) is 23.2. The van der Waals surface area contributed by atoms with Crippen LogP contribution in [0.15, 0.2) is 47.4 Å². The number of nitrogens with one attached hydrogen (secondary N) is 2. The van der Waals surface area contributed by atoms with Gasteiger partial charge in [0.15, 0.2) is 11.5 Å². The fraction of sp³-hybridized carbons (Fsp3) is 0.235. The summed E-state index contributed by atoms with van der Waals surface area (Å²) in [5.41, 5.74) is -0.475. The van der Waals surface area contributed by atoms with Gasteiger partial charge in [-0.3, -0.25) is 9.52 Å². The Labute approximate surface area is 167 Å². The Morgan fingerprint density at radius 2 is 1.80 bits per heavy atom. The number of carbonyl (C=O) groups excluding carboxylic acids is 1. The molecule has 2 aromatic rings. The molecule has 0 aromatic heterocycles.